The average molecular weight is 339 g/mol. The monoisotopic (exact) mass is 339 g/mol. The normalized spacial score (nSPS) is 12.1. The van der Waals surface area contributed by atoms with E-state index >= 15 is 0 Å². The summed E-state index contributed by atoms with van der Waals surface area (Å²) in [6, 6.07) is 14.2. The molecule has 0 amide bonds. The van der Waals surface area contributed by atoms with E-state index in [0.717, 1.165) is 16.8 Å². The standard InChI is InChI=1S/C20H21NO4/c1-4-14-5-9-16(10-6-14)21-18(22)13-15-7-11-17(12-8-15)25-20(2,3)19(23)24/h1,5-12,18,21-22H,13H2,2-3H3,(H,23,24). The van der Waals surface area contributed by atoms with Gasteiger partial charge in [0.25, 0.3) is 0 Å². The van der Waals surface area contributed by atoms with Gasteiger partial charge in [0.05, 0.1) is 0 Å². The first-order valence-corrected chi connectivity index (χ1v) is 7.83. The molecule has 0 saturated carbocycles. The number of terminal acetylenes is 1. The maximum Gasteiger partial charge on any atom is 0.347 e. The Balaban J connectivity index is 1.93. The van der Waals surface area contributed by atoms with Crippen LogP contribution in [0, 0.1) is 12.3 Å². The quantitative estimate of drug-likeness (QED) is 0.534. The lowest BCUT2D eigenvalue weighted by Crippen LogP contribution is -2.37. The Morgan fingerprint density at radius 1 is 1.20 bits per heavy atom. The van der Waals surface area contributed by atoms with Crippen LogP contribution in [-0.2, 0) is 11.2 Å². The molecule has 5 nitrogen and oxygen atoms in total. The second-order valence-corrected chi connectivity index (χ2v) is 6.15. The van der Waals surface area contributed by atoms with Crippen molar-refractivity contribution in [1.82, 2.24) is 0 Å². The molecular weight excluding hydrogens is 318 g/mol. The molecule has 1 unspecified atom stereocenters. The minimum atomic E-state index is -1.30. The number of aliphatic hydroxyl groups is 1. The molecule has 2 rings (SSSR count). The number of nitrogens with one attached hydrogen (secondary N) is 1. The van der Waals surface area contributed by atoms with Crippen molar-refractivity contribution >= 4 is 11.7 Å². The van der Waals surface area contributed by atoms with Gasteiger partial charge in [0.15, 0.2) is 5.60 Å². The molecule has 2 aromatic rings. The Hall–Kier alpha value is -2.97. The zero-order valence-electron chi connectivity index (χ0n) is 14.2. The largest absolute Gasteiger partial charge is 0.478 e. The van der Waals surface area contributed by atoms with Gasteiger partial charge in [-0.15, -0.1) is 6.42 Å². The molecule has 0 spiro atoms. The van der Waals surface area contributed by atoms with E-state index in [0.29, 0.717) is 12.2 Å². The van der Waals surface area contributed by atoms with Crippen LogP contribution in [0.4, 0.5) is 5.69 Å². The maximum atomic E-state index is 11.1. The van der Waals surface area contributed by atoms with Crippen molar-refractivity contribution in [2.45, 2.75) is 32.1 Å². The van der Waals surface area contributed by atoms with Gasteiger partial charge in [-0.05, 0) is 55.8 Å². The fourth-order valence-corrected chi connectivity index (χ4v) is 2.16. The fraction of sp³-hybridized carbons (Fsp3) is 0.250. The van der Waals surface area contributed by atoms with Gasteiger partial charge in [-0.25, -0.2) is 4.79 Å². The number of hydrogen-bond donors (Lipinski definition) is 3. The molecular formula is C20H21NO4. The van der Waals surface area contributed by atoms with Crippen LogP contribution in [0.25, 0.3) is 0 Å². The molecule has 0 aromatic heterocycles. The average Bonchev–Trinajstić information content (AvgIpc) is 2.57. The SMILES string of the molecule is C#Cc1ccc(NC(O)Cc2ccc(OC(C)(C)C(=O)O)cc2)cc1. The first-order chi connectivity index (χ1) is 11.8. The third-order valence-electron chi connectivity index (χ3n) is 3.63. The van der Waals surface area contributed by atoms with E-state index in [1.807, 2.05) is 12.1 Å². The smallest absolute Gasteiger partial charge is 0.347 e. The van der Waals surface area contributed by atoms with Crippen molar-refractivity contribution in [3.63, 3.8) is 0 Å². The van der Waals surface area contributed by atoms with Crippen LogP contribution in [0.5, 0.6) is 5.75 Å². The van der Waals surface area contributed by atoms with Crippen molar-refractivity contribution in [1.29, 1.82) is 0 Å². The number of ether oxygens (including phenoxy) is 1. The molecule has 3 N–H and O–H groups in total. The highest BCUT2D eigenvalue weighted by Gasteiger charge is 2.29. The molecule has 0 bridgehead atoms. The van der Waals surface area contributed by atoms with Crippen LogP contribution in [0.3, 0.4) is 0 Å². The minimum absolute atomic E-state index is 0.388. The number of hydrogen-bond acceptors (Lipinski definition) is 4. The number of carboxylic acid groups (broad SMARTS) is 1. The number of anilines is 1. The summed E-state index contributed by atoms with van der Waals surface area (Å²) in [6.07, 6.45) is 4.93. The molecule has 0 aliphatic heterocycles. The van der Waals surface area contributed by atoms with Crippen molar-refractivity contribution in [2.75, 3.05) is 5.32 Å². The van der Waals surface area contributed by atoms with Gasteiger partial charge in [0.1, 0.15) is 12.0 Å². The maximum absolute atomic E-state index is 11.1. The summed E-state index contributed by atoms with van der Waals surface area (Å²) in [5.74, 6) is 1.96. The van der Waals surface area contributed by atoms with Gasteiger partial charge < -0.3 is 20.3 Å². The number of carboxylic acids is 1. The van der Waals surface area contributed by atoms with E-state index in [9.17, 15) is 9.90 Å². The number of aliphatic hydroxyl groups excluding tert-OH is 1. The first-order valence-electron chi connectivity index (χ1n) is 7.83. The van der Waals surface area contributed by atoms with E-state index in [-0.39, 0.29) is 0 Å². The lowest BCUT2D eigenvalue weighted by atomic mass is 10.1. The first kappa shape index (κ1) is 18.4. The van der Waals surface area contributed by atoms with Crippen molar-refractivity contribution in [3.05, 3.63) is 59.7 Å². The molecule has 130 valence electrons. The molecule has 0 aliphatic carbocycles. The minimum Gasteiger partial charge on any atom is -0.478 e. The molecule has 2 aromatic carbocycles. The predicted octanol–water partition coefficient (Wildman–Crippen LogP) is 2.88. The van der Waals surface area contributed by atoms with Gasteiger partial charge >= 0.3 is 5.97 Å². The number of benzene rings is 2. The summed E-state index contributed by atoms with van der Waals surface area (Å²) in [5.41, 5.74) is 1.14. The van der Waals surface area contributed by atoms with Crippen molar-refractivity contribution in [3.8, 4) is 18.1 Å². The number of carbonyl (C=O) groups is 1. The summed E-state index contributed by atoms with van der Waals surface area (Å²) in [6.45, 7) is 2.98. The molecule has 0 aliphatic rings. The molecule has 0 heterocycles. The molecule has 0 radical (unpaired) electrons. The van der Waals surface area contributed by atoms with Crippen LogP contribution < -0.4 is 10.1 Å². The van der Waals surface area contributed by atoms with Crippen molar-refractivity contribution in [2.24, 2.45) is 0 Å². The van der Waals surface area contributed by atoms with Gasteiger partial charge in [-0.3, -0.25) is 0 Å². The third-order valence-corrected chi connectivity index (χ3v) is 3.63. The lowest BCUT2D eigenvalue weighted by Gasteiger charge is -2.21. The van der Waals surface area contributed by atoms with E-state index in [1.54, 1.807) is 36.4 Å². The Morgan fingerprint density at radius 3 is 2.32 bits per heavy atom. The highest BCUT2D eigenvalue weighted by Crippen LogP contribution is 2.20. The summed E-state index contributed by atoms with van der Waals surface area (Å²) < 4.78 is 5.45. The van der Waals surface area contributed by atoms with Crippen LogP contribution in [0.1, 0.15) is 25.0 Å². The van der Waals surface area contributed by atoms with Gasteiger partial charge in [0.2, 0.25) is 0 Å². The third kappa shape index (κ3) is 5.27. The summed E-state index contributed by atoms with van der Waals surface area (Å²) in [7, 11) is 0. The molecule has 0 fully saturated rings. The highest BCUT2D eigenvalue weighted by molar-refractivity contribution is 5.76. The Morgan fingerprint density at radius 2 is 1.80 bits per heavy atom. The number of rotatable bonds is 7. The van der Waals surface area contributed by atoms with Crippen LogP contribution in [0.2, 0.25) is 0 Å². The summed E-state index contributed by atoms with van der Waals surface area (Å²) >= 11 is 0. The van der Waals surface area contributed by atoms with Gasteiger partial charge in [0, 0.05) is 17.7 Å². The lowest BCUT2D eigenvalue weighted by molar-refractivity contribution is -0.152. The topological polar surface area (TPSA) is 78.8 Å². The van der Waals surface area contributed by atoms with Crippen LogP contribution in [0.15, 0.2) is 48.5 Å². The van der Waals surface area contributed by atoms with Crippen LogP contribution >= 0.6 is 0 Å². The summed E-state index contributed by atoms with van der Waals surface area (Å²) in [5, 5.41) is 22.2. The molecule has 1 atom stereocenters. The second-order valence-electron chi connectivity index (χ2n) is 6.15. The molecule has 0 saturated heterocycles. The number of aliphatic carboxylic acids is 1. The van der Waals surface area contributed by atoms with Crippen LogP contribution in [-0.4, -0.2) is 28.0 Å². The molecule has 25 heavy (non-hydrogen) atoms. The van der Waals surface area contributed by atoms with Crippen molar-refractivity contribution < 1.29 is 19.7 Å². The zero-order chi connectivity index (χ0) is 18.4. The zero-order valence-corrected chi connectivity index (χ0v) is 14.2. The van der Waals surface area contributed by atoms with E-state index < -0.39 is 17.8 Å². The molecule has 5 heteroatoms. The Kier molecular flexibility index (Phi) is 5.68. The van der Waals surface area contributed by atoms with Gasteiger partial charge in [-0.1, -0.05) is 18.1 Å². The van der Waals surface area contributed by atoms with E-state index in [4.69, 9.17) is 16.3 Å². The Bertz CT molecular complexity index is 758. The summed E-state index contributed by atoms with van der Waals surface area (Å²) in [4.78, 5) is 11.1. The van der Waals surface area contributed by atoms with E-state index in [1.165, 1.54) is 13.8 Å². The van der Waals surface area contributed by atoms with Gasteiger partial charge in [-0.2, -0.15) is 0 Å². The fourth-order valence-electron chi connectivity index (χ4n) is 2.16. The highest BCUT2D eigenvalue weighted by atomic mass is 16.5. The second kappa shape index (κ2) is 7.73. The Labute approximate surface area is 147 Å². The van der Waals surface area contributed by atoms with E-state index in [2.05, 4.69) is 11.2 Å². The predicted molar refractivity (Wildman–Crippen MR) is 96.5 cm³/mol.